The standard InChI is InChI=1S/C11H15F2N/c1-8(14)3-2-4-9-5-10(12)7-11(13)6-9/h5-8H,2-4,14H2,1H3. The zero-order valence-corrected chi connectivity index (χ0v) is 8.26. The van der Waals surface area contributed by atoms with Crippen molar-refractivity contribution >= 4 is 0 Å². The molecule has 2 N–H and O–H groups in total. The molecule has 0 heterocycles. The Hall–Kier alpha value is -0.960. The molecule has 1 nitrogen and oxygen atoms in total. The van der Waals surface area contributed by atoms with Crippen molar-refractivity contribution < 1.29 is 8.78 Å². The van der Waals surface area contributed by atoms with Crippen LogP contribution in [-0.2, 0) is 6.42 Å². The maximum absolute atomic E-state index is 12.7. The molecule has 14 heavy (non-hydrogen) atoms. The number of hydrogen-bond acceptors (Lipinski definition) is 1. The lowest BCUT2D eigenvalue weighted by Gasteiger charge is -2.05. The molecule has 1 atom stereocenters. The summed E-state index contributed by atoms with van der Waals surface area (Å²) in [4.78, 5) is 0. The number of rotatable bonds is 4. The van der Waals surface area contributed by atoms with Crippen LogP contribution < -0.4 is 5.73 Å². The molecule has 0 fully saturated rings. The zero-order valence-electron chi connectivity index (χ0n) is 8.26. The van der Waals surface area contributed by atoms with Gasteiger partial charge in [0.1, 0.15) is 11.6 Å². The third kappa shape index (κ3) is 3.83. The van der Waals surface area contributed by atoms with Crippen LogP contribution >= 0.6 is 0 Å². The summed E-state index contributed by atoms with van der Waals surface area (Å²) in [6, 6.07) is 3.76. The van der Waals surface area contributed by atoms with Crippen LogP contribution in [0.3, 0.4) is 0 Å². The SMILES string of the molecule is CC(N)CCCc1cc(F)cc(F)c1. The van der Waals surface area contributed by atoms with Crippen LogP contribution in [0.4, 0.5) is 8.78 Å². The summed E-state index contributed by atoms with van der Waals surface area (Å²) in [5.41, 5.74) is 6.27. The summed E-state index contributed by atoms with van der Waals surface area (Å²) in [6.07, 6.45) is 2.41. The zero-order chi connectivity index (χ0) is 10.6. The number of aryl methyl sites for hydroxylation is 1. The molecule has 0 radical (unpaired) electrons. The van der Waals surface area contributed by atoms with E-state index >= 15 is 0 Å². The number of halogens is 2. The molecule has 0 amide bonds. The van der Waals surface area contributed by atoms with Gasteiger partial charge in [-0.3, -0.25) is 0 Å². The van der Waals surface area contributed by atoms with Gasteiger partial charge in [-0.25, -0.2) is 8.78 Å². The van der Waals surface area contributed by atoms with E-state index in [1.165, 1.54) is 12.1 Å². The second kappa shape index (κ2) is 5.05. The molecule has 0 bridgehead atoms. The van der Waals surface area contributed by atoms with Crippen LogP contribution in [-0.4, -0.2) is 6.04 Å². The van der Waals surface area contributed by atoms with E-state index < -0.39 is 11.6 Å². The molecule has 78 valence electrons. The van der Waals surface area contributed by atoms with E-state index in [9.17, 15) is 8.78 Å². The molecule has 0 aromatic heterocycles. The maximum atomic E-state index is 12.7. The first-order valence-electron chi connectivity index (χ1n) is 4.78. The van der Waals surface area contributed by atoms with Gasteiger partial charge in [-0.2, -0.15) is 0 Å². The van der Waals surface area contributed by atoms with Crippen molar-refractivity contribution in [3.05, 3.63) is 35.4 Å². The molecule has 0 saturated heterocycles. The van der Waals surface area contributed by atoms with Crippen molar-refractivity contribution in [2.75, 3.05) is 0 Å². The minimum Gasteiger partial charge on any atom is -0.328 e. The first-order valence-corrected chi connectivity index (χ1v) is 4.78. The quantitative estimate of drug-likeness (QED) is 0.792. The second-order valence-corrected chi connectivity index (χ2v) is 3.65. The van der Waals surface area contributed by atoms with E-state index in [0.29, 0.717) is 12.0 Å². The van der Waals surface area contributed by atoms with Crippen LogP contribution in [0.15, 0.2) is 18.2 Å². The van der Waals surface area contributed by atoms with Crippen molar-refractivity contribution in [3.8, 4) is 0 Å². The fraction of sp³-hybridized carbons (Fsp3) is 0.455. The summed E-state index contributed by atoms with van der Waals surface area (Å²) in [5, 5.41) is 0. The van der Waals surface area contributed by atoms with Crippen molar-refractivity contribution in [1.29, 1.82) is 0 Å². The highest BCUT2D eigenvalue weighted by Gasteiger charge is 2.01. The Balaban J connectivity index is 2.50. The summed E-state index contributed by atoms with van der Waals surface area (Å²) < 4.78 is 25.5. The molecule has 3 heteroatoms. The monoisotopic (exact) mass is 199 g/mol. The molecule has 0 aliphatic heterocycles. The highest BCUT2D eigenvalue weighted by molar-refractivity contribution is 5.17. The molecule has 1 rings (SSSR count). The topological polar surface area (TPSA) is 26.0 Å². The summed E-state index contributed by atoms with van der Waals surface area (Å²) >= 11 is 0. The molecular formula is C11H15F2N. The minimum atomic E-state index is -0.513. The summed E-state index contributed by atoms with van der Waals surface area (Å²) in [7, 11) is 0. The average Bonchev–Trinajstić information content (AvgIpc) is 2.01. The van der Waals surface area contributed by atoms with Gasteiger partial charge in [-0.1, -0.05) is 0 Å². The van der Waals surface area contributed by atoms with Crippen LogP contribution in [0.1, 0.15) is 25.3 Å². The largest absolute Gasteiger partial charge is 0.328 e. The Morgan fingerprint density at radius 2 is 1.79 bits per heavy atom. The Morgan fingerprint density at radius 3 is 2.29 bits per heavy atom. The molecular weight excluding hydrogens is 184 g/mol. The predicted octanol–water partition coefficient (Wildman–Crippen LogP) is 2.63. The molecule has 1 aromatic rings. The van der Waals surface area contributed by atoms with Crippen LogP contribution in [0.25, 0.3) is 0 Å². The van der Waals surface area contributed by atoms with E-state index in [-0.39, 0.29) is 6.04 Å². The van der Waals surface area contributed by atoms with E-state index in [0.717, 1.165) is 18.9 Å². The summed E-state index contributed by atoms with van der Waals surface area (Å²) in [6.45, 7) is 1.92. The molecule has 0 aliphatic carbocycles. The third-order valence-electron chi connectivity index (χ3n) is 2.05. The molecule has 0 spiro atoms. The normalized spacial score (nSPS) is 12.9. The first-order chi connectivity index (χ1) is 6.58. The molecule has 1 aromatic carbocycles. The van der Waals surface area contributed by atoms with Crippen molar-refractivity contribution in [1.82, 2.24) is 0 Å². The molecule has 1 unspecified atom stereocenters. The Labute approximate surface area is 82.9 Å². The first kappa shape index (κ1) is 11.1. The highest BCUT2D eigenvalue weighted by Crippen LogP contribution is 2.11. The van der Waals surface area contributed by atoms with Gasteiger partial charge in [0.05, 0.1) is 0 Å². The number of benzene rings is 1. The summed E-state index contributed by atoms with van der Waals surface area (Å²) in [5.74, 6) is -1.03. The van der Waals surface area contributed by atoms with Gasteiger partial charge in [0.25, 0.3) is 0 Å². The van der Waals surface area contributed by atoms with Gasteiger partial charge >= 0.3 is 0 Å². The van der Waals surface area contributed by atoms with Gasteiger partial charge in [0, 0.05) is 12.1 Å². The Bertz CT molecular complexity index is 277. The molecule has 0 saturated carbocycles. The van der Waals surface area contributed by atoms with Gasteiger partial charge in [-0.15, -0.1) is 0 Å². The number of nitrogens with two attached hydrogens (primary N) is 1. The molecule has 0 aliphatic rings. The van der Waals surface area contributed by atoms with Gasteiger partial charge in [0.15, 0.2) is 0 Å². The third-order valence-corrected chi connectivity index (χ3v) is 2.05. The van der Waals surface area contributed by atoms with Crippen LogP contribution in [0, 0.1) is 11.6 Å². The number of hydrogen-bond donors (Lipinski definition) is 1. The Morgan fingerprint density at radius 1 is 1.21 bits per heavy atom. The maximum Gasteiger partial charge on any atom is 0.126 e. The fourth-order valence-electron chi connectivity index (χ4n) is 1.38. The average molecular weight is 199 g/mol. The van der Waals surface area contributed by atoms with E-state index in [1.807, 2.05) is 6.92 Å². The van der Waals surface area contributed by atoms with E-state index in [4.69, 9.17) is 5.73 Å². The van der Waals surface area contributed by atoms with Gasteiger partial charge in [0.2, 0.25) is 0 Å². The van der Waals surface area contributed by atoms with Crippen molar-refractivity contribution in [2.24, 2.45) is 5.73 Å². The van der Waals surface area contributed by atoms with Crippen LogP contribution in [0.2, 0.25) is 0 Å². The predicted molar refractivity (Wildman–Crippen MR) is 52.9 cm³/mol. The smallest absolute Gasteiger partial charge is 0.126 e. The van der Waals surface area contributed by atoms with Crippen molar-refractivity contribution in [2.45, 2.75) is 32.2 Å². The minimum absolute atomic E-state index is 0.147. The van der Waals surface area contributed by atoms with Crippen LogP contribution in [0.5, 0.6) is 0 Å². The fourth-order valence-corrected chi connectivity index (χ4v) is 1.38. The lowest BCUT2D eigenvalue weighted by molar-refractivity contribution is 0.574. The van der Waals surface area contributed by atoms with E-state index in [2.05, 4.69) is 0 Å². The van der Waals surface area contributed by atoms with E-state index in [1.54, 1.807) is 0 Å². The second-order valence-electron chi connectivity index (χ2n) is 3.65. The van der Waals surface area contributed by atoms with Gasteiger partial charge in [-0.05, 0) is 43.9 Å². The Kier molecular flexibility index (Phi) is 4.01. The van der Waals surface area contributed by atoms with Crippen molar-refractivity contribution in [3.63, 3.8) is 0 Å². The highest BCUT2D eigenvalue weighted by atomic mass is 19.1. The lowest BCUT2D eigenvalue weighted by atomic mass is 10.1. The van der Waals surface area contributed by atoms with Gasteiger partial charge < -0.3 is 5.73 Å². The lowest BCUT2D eigenvalue weighted by Crippen LogP contribution is -2.14.